The molecule has 0 bridgehead atoms. The Hall–Kier alpha value is -1.53. The van der Waals surface area contributed by atoms with Gasteiger partial charge >= 0.3 is 0 Å². The van der Waals surface area contributed by atoms with Crippen molar-refractivity contribution in [1.29, 1.82) is 0 Å². The van der Waals surface area contributed by atoms with E-state index >= 15 is 0 Å². The molecular formula is C13H17FN2. The summed E-state index contributed by atoms with van der Waals surface area (Å²) in [5.41, 5.74) is 7.53. The van der Waals surface area contributed by atoms with Crippen molar-refractivity contribution >= 4 is 5.69 Å². The van der Waals surface area contributed by atoms with Crippen LogP contribution in [0.2, 0.25) is 0 Å². The zero-order chi connectivity index (χ0) is 12.1. The molecule has 2 nitrogen and oxygen atoms in total. The van der Waals surface area contributed by atoms with Crippen molar-refractivity contribution < 1.29 is 4.39 Å². The fourth-order valence-corrected chi connectivity index (χ4v) is 1.66. The quantitative estimate of drug-likeness (QED) is 0.789. The van der Waals surface area contributed by atoms with Gasteiger partial charge in [-0.25, -0.2) is 4.39 Å². The average molecular weight is 220 g/mol. The van der Waals surface area contributed by atoms with Crippen LogP contribution < -0.4 is 10.6 Å². The first-order valence-corrected chi connectivity index (χ1v) is 5.33. The summed E-state index contributed by atoms with van der Waals surface area (Å²) in [4.78, 5) is 2.00. The maximum atomic E-state index is 13.1. The molecule has 3 heteroatoms. The lowest BCUT2D eigenvalue weighted by atomic mass is 10.1. The van der Waals surface area contributed by atoms with Gasteiger partial charge in [-0.2, -0.15) is 0 Å². The van der Waals surface area contributed by atoms with Crippen LogP contribution in [0.5, 0.6) is 0 Å². The summed E-state index contributed by atoms with van der Waals surface area (Å²) >= 11 is 0. The molecule has 1 aromatic rings. The van der Waals surface area contributed by atoms with Crippen LogP contribution in [0.1, 0.15) is 25.5 Å². The first-order chi connectivity index (χ1) is 7.60. The summed E-state index contributed by atoms with van der Waals surface area (Å²) in [6.45, 7) is 5.12. The summed E-state index contributed by atoms with van der Waals surface area (Å²) in [6.07, 6.45) is 5.30. The second kappa shape index (κ2) is 5.53. The fourth-order valence-electron chi connectivity index (χ4n) is 1.66. The number of terminal acetylenes is 1. The topological polar surface area (TPSA) is 29.3 Å². The molecule has 2 N–H and O–H groups in total. The molecule has 0 fully saturated rings. The van der Waals surface area contributed by atoms with Crippen molar-refractivity contribution in [3.8, 4) is 12.3 Å². The SMILES string of the molecule is C#CCN(CC)c1ccc(F)cc1[C@@H](C)N. The molecule has 0 aliphatic rings. The Morgan fingerprint density at radius 1 is 1.56 bits per heavy atom. The highest BCUT2D eigenvalue weighted by Crippen LogP contribution is 2.25. The Morgan fingerprint density at radius 3 is 2.75 bits per heavy atom. The maximum Gasteiger partial charge on any atom is 0.123 e. The molecule has 86 valence electrons. The highest BCUT2D eigenvalue weighted by atomic mass is 19.1. The third-order valence-electron chi connectivity index (χ3n) is 2.48. The van der Waals surface area contributed by atoms with Gasteiger partial charge in [-0.15, -0.1) is 6.42 Å². The number of hydrogen-bond donors (Lipinski definition) is 1. The lowest BCUT2D eigenvalue weighted by Crippen LogP contribution is -2.25. The number of nitrogens with zero attached hydrogens (tertiary/aromatic N) is 1. The number of hydrogen-bond acceptors (Lipinski definition) is 2. The second-order valence-electron chi connectivity index (χ2n) is 3.71. The molecule has 1 aromatic carbocycles. The molecule has 0 saturated heterocycles. The molecule has 0 aliphatic carbocycles. The summed E-state index contributed by atoms with van der Waals surface area (Å²) in [7, 11) is 0. The molecular weight excluding hydrogens is 203 g/mol. The van der Waals surface area contributed by atoms with Gasteiger partial charge < -0.3 is 10.6 Å². The van der Waals surface area contributed by atoms with Crippen molar-refractivity contribution in [3.05, 3.63) is 29.6 Å². The number of rotatable bonds is 4. The molecule has 0 amide bonds. The van der Waals surface area contributed by atoms with Crippen LogP contribution in [0, 0.1) is 18.2 Å². The van der Waals surface area contributed by atoms with E-state index in [1.54, 1.807) is 6.07 Å². The highest BCUT2D eigenvalue weighted by Gasteiger charge is 2.12. The summed E-state index contributed by atoms with van der Waals surface area (Å²) in [6, 6.07) is 4.42. The Bertz CT molecular complexity index is 393. The van der Waals surface area contributed by atoms with E-state index in [1.807, 2.05) is 18.7 Å². The third-order valence-corrected chi connectivity index (χ3v) is 2.48. The van der Waals surface area contributed by atoms with Crippen molar-refractivity contribution in [2.24, 2.45) is 5.73 Å². The molecule has 16 heavy (non-hydrogen) atoms. The predicted molar refractivity (Wildman–Crippen MR) is 65.7 cm³/mol. The van der Waals surface area contributed by atoms with Crippen molar-refractivity contribution in [1.82, 2.24) is 0 Å². The molecule has 0 unspecified atom stereocenters. The minimum absolute atomic E-state index is 0.211. The highest BCUT2D eigenvalue weighted by molar-refractivity contribution is 5.55. The van der Waals surface area contributed by atoms with Crippen LogP contribution in [0.3, 0.4) is 0 Å². The number of halogens is 1. The fraction of sp³-hybridized carbons (Fsp3) is 0.385. The Kier molecular flexibility index (Phi) is 4.33. The molecule has 1 rings (SSSR count). The van der Waals surface area contributed by atoms with Gasteiger partial charge in [0.25, 0.3) is 0 Å². The number of nitrogens with two attached hydrogens (primary N) is 1. The van der Waals surface area contributed by atoms with E-state index in [-0.39, 0.29) is 11.9 Å². The van der Waals surface area contributed by atoms with Gasteiger partial charge in [0.1, 0.15) is 5.82 Å². The minimum Gasteiger partial charge on any atom is -0.360 e. The standard InChI is InChI=1S/C13H17FN2/c1-4-8-16(5-2)13-7-6-11(14)9-12(13)10(3)15/h1,6-7,9-10H,5,8,15H2,2-3H3/t10-/m1/s1. The second-order valence-corrected chi connectivity index (χ2v) is 3.71. The average Bonchev–Trinajstić information content (AvgIpc) is 2.26. The van der Waals surface area contributed by atoms with E-state index in [2.05, 4.69) is 5.92 Å². The lowest BCUT2D eigenvalue weighted by Gasteiger charge is -2.25. The van der Waals surface area contributed by atoms with E-state index in [0.29, 0.717) is 6.54 Å². The molecule has 0 heterocycles. The predicted octanol–water partition coefficient (Wildman–Crippen LogP) is 2.30. The monoisotopic (exact) mass is 220 g/mol. The Balaban J connectivity index is 3.16. The van der Waals surface area contributed by atoms with E-state index in [4.69, 9.17) is 12.2 Å². The van der Waals surface area contributed by atoms with Gasteiger partial charge in [-0.1, -0.05) is 5.92 Å². The molecule has 0 spiro atoms. The normalized spacial score (nSPS) is 11.9. The van der Waals surface area contributed by atoms with E-state index in [1.165, 1.54) is 12.1 Å². The van der Waals surface area contributed by atoms with Crippen LogP contribution in [-0.4, -0.2) is 13.1 Å². The van der Waals surface area contributed by atoms with Crippen LogP contribution >= 0.6 is 0 Å². The number of anilines is 1. The van der Waals surface area contributed by atoms with Gasteiger partial charge in [0.15, 0.2) is 0 Å². The van der Waals surface area contributed by atoms with Crippen molar-refractivity contribution in [3.63, 3.8) is 0 Å². The van der Waals surface area contributed by atoms with Gasteiger partial charge in [0.05, 0.1) is 6.54 Å². The Morgan fingerprint density at radius 2 is 2.25 bits per heavy atom. The van der Waals surface area contributed by atoms with Gasteiger partial charge in [0, 0.05) is 18.3 Å². The summed E-state index contributed by atoms with van der Waals surface area (Å²) < 4.78 is 13.1. The molecule has 0 radical (unpaired) electrons. The van der Waals surface area contributed by atoms with Crippen LogP contribution in [0.15, 0.2) is 18.2 Å². The minimum atomic E-state index is -0.271. The molecule has 0 aromatic heterocycles. The van der Waals surface area contributed by atoms with E-state index < -0.39 is 0 Å². The smallest absolute Gasteiger partial charge is 0.123 e. The van der Waals surface area contributed by atoms with Crippen LogP contribution in [0.25, 0.3) is 0 Å². The Labute approximate surface area is 96.3 Å². The first-order valence-electron chi connectivity index (χ1n) is 5.33. The van der Waals surface area contributed by atoms with Gasteiger partial charge in [-0.3, -0.25) is 0 Å². The summed E-state index contributed by atoms with van der Waals surface area (Å²) in [5, 5.41) is 0. The van der Waals surface area contributed by atoms with E-state index in [0.717, 1.165) is 17.8 Å². The molecule has 0 saturated carbocycles. The van der Waals surface area contributed by atoms with Crippen molar-refractivity contribution in [2.75, 3.05) is 18.0 Å². The van der Waals surface area contributed by atoms with E-state index in [9.17, 15) is 4.39 Å². The lowest BCUT2D eigenvalue weighted by molar-refractivity contribution is 0.621. The van der Waals surface area contributed by atoms with Crippen molar-refractivity contribution in [2.45, 2.75) is 19.9 Å². The number of benzene rings is 1. The maximum absolute atomic E-state index is 13.1. The summed E-state index contributed by atoms with van der Waals surface area (Å²) in [5.74, 6) is 2.32. The third kappa shape index (κ3) is 2.74. The van der Waals surface area contributed by atoms with Crippen LogP contribution in [-0.2, 0) is 0 Å². The van der Waals surface area contributed by atoms with Crippen LogP contribution in [0.4, 0.5) is 10.1 Å². The zero-order valence-corrected chi connectivity index (χ0v) is 9.70. The largest absolute Gasteiger partial charge is 0.360 e. The first kappa shape index (κ1) is 12.5. The van der Waals surface area contributed by atoms with Gasteiger partial charge in [-0.05, 0) is 37.6 Å². The van der Waals surface area contributed by atoms with Gasteiger partial charge in [0.2, 0.25) is 0 Å². The molecule has 1 atom stereocenters. The zero-order valence-electron chi connectivity index (χ0n) is 9.70. The molecule has 0 aliphatic heterocycles.